The molecule has 0 radical (unpaired) electrons. The van der Waals surface area contributed by atoms with E-state index < -0.39 is 10.0 Å². The van der Waals surface area contributed by atoms with E-state index in [0.717, 1.165) is 11.1 Å². The Kier molecular flexibility index (Phi) is 4.64. The van der Waals surface area contributed by atoms with Gasteiger partial charge in [-0.3, -0.25) is 5.10 Å². The molecule has 2 rings (SSSR count). The second kappa shape index (κ2) is 6.28. The van der Waals surface area contributed by atoms with Gasteiger partial charge in [0.1, 0.15) is 5.75 Å². The number of rotatable bonds is 6. The summed E-state index contributed by atoms with van der Waals surface area (Å²) in [6, 6.07) is 4.47. The third-order valence-electron chi connectivity index (χ3n) is 3.11. The van der Waals surface area contributed by atoms with Crippen LogP contribution in [0, 0.1) is 6.92 Å². The molecule has 2 N–H and O–H groups in total. The second-order valence-corrected chi connectivity index (χ2v) is 6.45. The van der Waals surface area contributed by atoms with Crippen molar-refractivity contribution in [2.45, 2.75) is 31.7 Å². The van der Waals surface area contributed by atoms with Gasteiger partial charge in [-0.25, -0.2) is 13.1 Å². The molecule has 1 aromatic heterocycles. The van der Waals surface area contributed by atoms with Crippen molar-refractivity contribution in [2.24, 2.45) is 0 Å². The Labute approximate surface area is 124 Å². The van der Waals surface area contributed by atoms with Crippen LogP contribution in [0.3, 0.4) is 0 Å². The molecule has 114 valence electrons. The molecule has 0 saturated carbocycles. The van der Waals surface area contributed by atoms with Crippen LogP contribution in [0.1, 0.15) is 31.0 Å². The highest BCUT2D eigenvalue weighted by atomic mass is 32.2. The lowest BCUT2D eigenvalue weighted by atomic mass is 10.2. The van der Waals surface area contributed by atoms with Crippen molar-refractivity contribution >= 4 is 10.0 Å². The van der Waals surface area contributed by atoms with Crippen molar-refractivity contribution in [3.8, 4) is 5.75 Å². The van der Waals surface area contributed by atoms with Crippen LogP contribution in [-0.4, -0.2) is 25.2 Å². The average molecular weight is 309 g/mol. The van der Waals surface area contributed by atoms with E-state index in [-0.39, 0.29) is 10.9 Å². The Bertz CT molecular complexity index is 696. The maximum Gasteiger partial charge on any atom is 0.241 e. The molecule has 6 nitrogen and oxygen atoms in total. The van der Waals surface area contributed by atoms with Crippen LogP contribution in [0.5, 0.6) is 5.75 Å². The van der Waals surface area contributed by atoms with Crippen LogP contribution >= 0.6 is 0 Å². The normalized spacial score (nSPS) is 13.1. The predicted molar refractivity (Wildman–Crippen MR) is 79.7 cm³/mol. The third kappa shape index (κ3) is 3.62. The number of H-pyrrole nitrogens is 1. The summed E-state index contributed by atoms with van der Waals surface area (Å²) < 4.78 is 32.8. The zero-order valence-electron chi connectivity index (χ0n) is 12.3. The Morgan fingerprint density at radius 1 is 1.43 bits per heavy atom. The molecule has 2 aromatic rings. The average Bonchev–Trinajstić information content (AvgIpc) is 2.95. The topological polar surface area (TPSA) is 84.1 Å². The molecule has 7 heteroatoms. The zero-order valence-corrected chi connectivity index (χ0v) is 13.1. The van der Waals surface area contributed by atoms with Crippen molar-refractivity contribution in [3.63, 3.8) is 0 Å². The fourth-order valence-electron chi connectivity index (χ4n) is 1.97. The van der Waals surface area contributed by atoms with Gasteiger partial charge in [-0.05, 0) is 44.5 Å². The predicted octanol–water partition coefficient (Wildman–Crippen LogP) is 2.16. The summed E-state index contributed by atoms with van der Waals surface area (Å²) >= 11 is 0. The molecule has 0 aliphatic carbocycles. The van der Waals surface area contributed by atoms with Crippen molar-refractivity contribution in [1.82, 2.24) is 14.9 Å². The number of aryl methyl sites for hydroxylation is 1. The minimum absolute atomic E-state index is 0.221. The molecule has 0 spiro atoms. The Balaban J connectivity index is 2.21. The molecule has 0 aliphatic rings. The SMILES string of the molecule is CCOc1ccc(S(=O)(=O)NC(C)c2cn[nH]c2)cc1C. The molecular weight excluding hydrogens is 290 g/mol. The summed E-state index contributed by atoms with van der Waals surface area (Å²) in [6.45, 7) is 6.02. The monoisotopic (exact) mass is 309 g/mol. The molecule has 1 atom stereocenters. The minimum Gasteiger partial charge on any atom is -0.494 e. The lowest BCUT2D eigenvalue weighted by molar-refractivity contribution is 0.337. The fraction of sp³-hybridized carbons (Fsp3) is 0.357. The smallest absolute Gasteiger partial charge is 0.241 e. The van der Waals surface area contributed by atoms with E-state index in [1.807, 2.05) is 13.8 Å². The quantitative estimate of drug-likeness (QED) is 0.856. The van der Waals surface area contributed by atoms with E-state index in [4.69, 9.17) is 4.74 Å². The largest absolute Gasteiger partial charge is 0.494 e. The number of nitrogens with one attached hydrogen (secondary N) is 2. The van der Waals surface area contributed by atoms with Gasteiger partial charge in [0.2, 0.25) is 10.0 Å². The number of aromatic nitrogens is 2. The van der Waals surface area contributed by atoms with Crippen LogP contribution in [-0.2, 0) is 10.0 Å². The van der Waals surface area contributed by atoms with Gasteiger partial charge in [0.25, 0.3) is 0 Å². The molecule has 1 unspecified atom stereocenters. The fourth-order valence-corrected chi connectivity index (χ4v) is 3.29. The zero-order chi connectivity index (χ0) is 15.5. The molecule has 0 saturated heterocycles. The summed E-state index contributed by atoms with van der Waals surface area (Å²) in [4.78, 5) is 0.221. The van der Waals surface area contributed by atoms with Crippen LogP contribution in [0.4, 0.5) is 0 Å². The Morgan fingerprint density at radius 3 is 2.76 bits per heavy atom. The Hall–Kier alpha value is -1.86. The summed E-state index contributed by atoms with van der Waals surface area (Å²) in [5.74, 6) is 0.694. The third-order valence-corrected chi connectivity index (χ3v) is 4.65. The summed E-state index contributed by atoms with van der Waals surface area (Å²) in [5, 5.41) is 6.48. The molecule has 0 amide bonds. The summed E-state index contributed by atoms with van der Waals surface area (Å²) in [7, 11) is -3.59. The van der Waals surface area contributed by atoms with E-state index in [1.165, 1.54) is 0 Å². The molecule has 0 fully saturated rings. The first-order valence-corrected chi connectivity index (χ1v) is 8.17. The molecular formula is C14H19N3O3S. The van der Waals surface area contributed by atoms with Crippen molar-refractivity contribution in [3.05, 3.63) is 41.7 Å². The van der Waals surface area contributed by atoms with Gasteiger partial charge in [-0.1, -0.05) is 0 Å². The highest BCUT2D eigenvalue weighted by Gasteiger charge is 2.19. The lowest BCUT2D eigenvalue weighted by Gasteiger charge is -2.14. The Morgan fingerprint density at radius 2 is 2.19 bits per heavy atom. The van der Waals surface area contributed by atoms with Crippen molar-refractivity contribution < 1.29 is 13.2 Å². The number of benzene rings is 1. The van der Waals surface area contributed by atoms with Crippen LogP contribution < -0.4 is 9.46 Å². The van der Waals surface area contributed by atoms with E-state index in [9.17, 15) is 8.42 Å². The lowest BCUT2D eigenvalue weighted by Crippen LogP contribution is -2.26. The van der Waals surface area contributed by atoms with Crippen LogP contribution in [0.25, 0.3) is 0 Å². The highest BCUT2D eigenvalue weighted by molar-refractivity contribution is 7.89. The number of hydrogen-bond donors (Lipinski definition) is 2. The van der Waals surface area contributed by atoms with Gasteiger partial charge in [-0.2, -0.15) is 5.10 Å². The summed E-state index contributed by atoms with van der Waals surface area (Å²) in [5.41, 5.74) is 1.57. The first-order valence-electron chi connectivity index (χ1n) is 6.68. The van der Waals surface area contributed by atoms with Crippen molar-refractivity contribution in [1.29, 1.82) is 0 Å². The number of sulfonamides is 1. The number of ether oxygens (including phenoxy) is 1. The molecule has 0 bridgehead atoms. The summed E-state index contributed by atoms with van der Waals surface area (Å²) in [6.07, 6.45) is 3.26. The first kappa shape index (κ1) is 15.5. The van der Waals surface area contributed by atoms with Gasteiger partial charge in [-0.15, -0.1) is 0 Å². The second-order valence-electron chi connectivity index (χ2n) is 4.73. The molecule has 21 heavy (non-hydrogen) atoms. The molecule has 0 aliphatic heterocycles. The van der Waals surface area contributed by atoms with Gasteiger partial charge >= 0.3 is 0 Å². The maximum atomic E-state index is 12.4. The standard InChI is InChI=1S/C14H19N3O3S/c1-4-20-14-6-5-13(7-10(14)2)21(18,19)17-11(3)12-8-15-16-9-12/h5-9,11,17H,4H2,1-3H3,(H,15,16). The molecule has 1 heterocycles. The number of nitrogens with zero attached hydrogens (tertiary/aromatic N) is 1. The minimum atomic E-state index is -3.59. The van der Waals surface area contributed by atoms with Gasteiger partial charge in [0.15, 0.2) is 0 Å². The van der Waals surface area contributed by atoms with E-state index >= 15 is 0 Å². The van der Waals surface area contributed by atoms with Gasteiger partial charge in [0, 0.05) is 17.8 Å². The van der Waals surface area contributed by atoms with E-state index in [0.29, 0.717) is 12.4 Å². The van der Waals surface area contributed by atoms with Crippen molar-refractivity contribution in [2.75, 3.05) is 6.61 Å². The number of hydrogen-bond acceptors (Lipinski definition) is 4. The van der Waals surface area contributed by atoms with Gasteiger partial charge in [0.05, 0.1) is 17.7 Å². The van der Waals surface area contributed by atoms with E-state index in [1.54, 1.807) is 37.5 Å². The first-order chi connectivity index (χ1) is 9.94. The van der Waals surface area contributed by atoms with E-state index in [2.05, 4.69) is 14.9 Å². The number of aromatic amines is 1. The van der Waals surface area contributed by atoms with Crippen LogP contribution in [0.15, 0.2) is 35.5 Å². The van der Waals surface area contributed by atoms with Gasteiger partial charge < -0.3 is 4.74 Å². The highest BCUT2D eigenvalue weighted by Crippen LogP contribution is 2.23. The maximum absolute atomic E-state index is 12.4. The molecule has 1 aromatic carbocycles. The van der Waals surface area contributed by atoms with Crippen LogP contribution in [0.2, 0.25) is 0 Å².